The maximum atomic E-state index is 11.1. The van der Waals surface area contributed by atoms with Gasteiger partial charge in [0.25, 0.3) is 0 Å². The number of amides is 2. The van der Waals surface area contributed by atoms with E-state index in [0.29, 0.717) is 12.6 Å². The Morgan fingerprint density at radius 1 is 1.39 bits per heavy atom. The van der Waals surface area contributed by atoms with Gasteiger partial charge in [-0.15, -0.1) is 11.8 Å². The van der Waals surface area contributed by atoms with E-state index < -0.39 is 29.7 Å². The first kappa shape index (κ1) is 16.6. The van der Waals surface area contributed by atoms with Gasteiger partial charge in [-0.1, -0.05) is 0 Å². The van der Waals surface area contributed by atoms with Crippen molar-refractivity contribution in [2.75, 3.05) is 12.4 Å². The van der Waals surface area contributed by atoms with Gasteiger partial charge >= 0.3 is 0 Å². The van der Waals surface area contributed by atoms with Crippen molar-refractivity contribution in [1.29, 1.82) is 0 Å². The molecule has 8 nitrogen and oxygen atoms in total. The lowest BCUT2D eigenvalue weighted by Gasteiger charge is -2.16. The van der Waals surface area contributed by atoms with Crippen LogP contribution in [0.15, 0.2) is 0 Å². The topological polar surface area (TPSA) is 142 Å². The minimum Gasteiger partial charge on any atom is -0.368 e. The highest BCUT2D eigenvalue weighted by atomic mass is 32.2. The zero-order valence-corrected chi connectivity index (χ0v) is 10.4. The quantitative estimate of drug-likeness (QED) is 0.302. The fraction of sp³-hybridized carbons (Fsp3) is 0.556. The van der Waals surface area contributed by atoms with Gasteiger partial charge in [0.2, 0.25) is 11.8 Å². The van der Waals surface area contributed by atoms with Crippen LogP contribution in [0, 0.1) is 0 Å². The lowest BCUT2D eigenvalue weighted by Crippen LogP contribution is -2.47. The Kier molecular flexibility index (Phi) is 8.80. The van der Waals surface area contributed by atoms with Crippen molar-refractivity contribution in [2.45, 2.75) is 17.7 Å². The van der Waals surface area contributed by atoms with Crippen LogP contribution >= 0.6 is 11.8 Å². The van der Waals surface area contributed by atoms with Crippen molar-refractivity contribution < 1.29 is 24.0 Å². The van der Waals surface area contributed by atoms with Gasteiger partial charge in [-0.2, -0.15) is 0 Å². The summed E-state index contributed by atoms with van der Waals surface area (Å²) < 4.78 is 0. The molecular weight excluding hydrogens is 262 g/mol. The Morgan fingerprint density at radius 2 is 2.06 bits per heavy atom. The van der Waals surface area contributed by atoms with E-state index in [1.165, 1.54) is 0 Å². The molecule has 0 aliphatic carbocycles. The molecule has 0 radical (unpaired) electrons. The third kappa shape index (κ3) is 6.99. The largest absolute Gasteiger partial charge is 0.368 e. The van der Waals surface area contributed by atoms with Crippen molar-refractivity contribution >= 4 is 36.1 Å². The summed E-state index contributed by atoms with van der Waals surface area (Å²) in [7, 11) is 0. The third-order valence-electron chi connectivity index (χ3n) is 1.85. The van der Waals surface area contributed by atoms with Gasteiger partial charge in [0.1, 0.15) is 25.2 Å². The number of thioether (sulfide) groups is 1. The van der Waals surface area contributed by atoms with E-state index in [0.717, 1.165) is 11.8 Å². The molecule has 2 unspecified atom stereocenters. The highest BCUT2D eigenvalue weighted by Crippen LogP contribution is 2.12. The molecule has 18 heavy (non-hydrogen) atoms. The van der Waals surface area contributed by atoms with Crippen LogP contribution in [0.4, 0.5) is 0 Å². The predicted molar refractivity (Wildman–Crippen MR) is 64.3 cm³/mol. The zero-order valence-electron chi connectivity index (χ0n) is 9.53. The molecule has 5 N–H and O–H groups in total. The van der Waals surface area contributed by atoms with Crippen molar-refractivity contribution in [3.05, 3.63) is 0 Å². The molecule has 0 aliphatic rings. The van der Waals surface area contributed by atoms with Gasteiger partial charge < -0.3 is 20.6 Å². The Hall–Kier alpha value is -1.45. The van der Waals surface area contributed by atoms with Crippen LogP contribution in [-0.2, 0) is 24.0 Å². The zero-order chi connectivity index (χ0) is 14.0. The van der Waals surface area contributed by atoms with Crippen LogP contribution in [0.2, 0.25) is 0 Å². The molecule has 0 bridgehead atoms. The first-order chi connectivity index (χ1) is 8.54. The minimum absolute atomic E-state index is 0.0412. The fourth-order valence-electron chi connectivity index (χ4n) is 0.984. The molecule has 2 atom stereocenters. The molecule has 0 spiro atoms. The second-order valence-electron chi connectivity index (χ2n) is 3.24. The molecule has 0 aromatic rings. The van der Waals surface area contributed by atoms with Crippen LogP contribution in [-0.4, -0.2) is 48.0 Å². The van der Waals surface area contributed by atoms with Crippen LogP contribution in [0.5, 0.6) is 0 Å². The van der Waals surface area contributed by atoms with E-state index in [9.17, 15) is 19.2 Å². The second kappa shape index (κ2) is 9.57. The molecule has 0 aromatic heterocycles. The summed E-state index contributed by atoms with van der Waals surface area (Å²) in [4.78, 5) is 47.1. The summed E-state index contributed by atoms with van der Waals surface area (Å²) >= 11 is 1.06. The van der Waals surface area contributed by atoms with Gasteiger partial charge in [0.05, 0.1) is 5.25 Å². The average molecular weight is 277 g/mol. The second-order valence-corrected chi connectivity index (χ2v) is 4.52. The molecule has 0 saturated carbocycles. The highest BCUT2D eigenvalue weighted by molar-refractivity contribution is 8.00. The fourth-order valence-corrected chi connectivity index (χ4v) is 1.96. The number of aldehydes is 2. The Balaban J connectivity index is 4.26. The molecule has 9 heteroatoms. The first-order valence-corrected chi connectivity index (χ1v) is 6.00. The van der Waals surface area contributed by atoms with E-state index >= 15 is 0 Å². The number of hydrogen-bond acceptors (Lipinski definition) is 7. The molecule has 0 fully saturated rings. The molecular formula is C9H15N3O5S. The number of rotatable bonds is 10. The molecule has 0 rings (SSSR count). The summed E-state index contributed by atoms with van der Waals surface area (Å²) in [5.41, 5.74) is 5.09. The molecule has 2 amide bonds. The molecule has 102 valence electrons. The number of nitrogens with one attached hydrogen (secondary N) is 1. The van der Waals surface area contributed by atoms with Crippen molar-refractivity contribution in [3.8, 4) is 0 Å². The maximum Gasteiger partial charge on any atom is 0.248 e. The SMILES string of the molecule is NOCC(=O)NC(CSC(C=O)CC=O)C(N)=O. The maximum absolute atomic E-state index is 11.1. The Bertz CT molecular complexity index is 313. The summed E-state index contributed by atoms with van der Waals surface area (Å²) in [6, 6.07) is -0.952. The Labute approximate surface area is 108 Å². The smallest absolute Gasteiger partial charge is 0.248 e. The molecule has 0 aromatic carbocycles. The van der Waals surface area contributed by atoms with E-state index in [2.05, 4.69) is 10.2 Å². The van der Waals surface area contributed by atoms with Crippen molar-refractivity contribution in [3.63, 3.8) is 0 Å². The van der Waals surface area contributed by atoms with Crippen LogP contribution < -0.4 is 16.9 Å². The van der Waals surface area contributed by atoms with Gasteiger partial charge in [-0.25, -0.2) is 5.90 Å². The van der Waals surface area contributed by atoms with Crippen LogP contribution in [0.25, 0.3) is 0 Å². The third-order valence-corrected chi connectivity index (χ3v) is 3.11. The molecule has 0 heterocycles. The van der Waals surface area contributed by atoms with E-state index in [1.54, 1.807) is 0 Å². The van der Waals surface area contributed by atoms with Gasteiger partial charge in [-0.05, 0) is 0 Å². The standard InChI is InChI=1S/C9H15N3O5S/c10-9(16)7(12-8(15)4-17-11)5-18-6(3-14)1-2-13/h2-3,6-7H,1,4-5,11H2,(H2,10,16)(H,12,15). The summed E-state index contributed by atoms with van der Waals surface area (Å²) in [6.45, 7) is -0.403. The average Bonchev–Trinajstić information content (AvgIpc) is 2.32. The minimum atomic E-state index is -0.952. The molecule has 0 saturated heterocycles. The number of carbonyl (C=O) groups excluding carboxylic acids is 4. The monoisotopic (exact) mass is 277 g/mol. The number of primary amides is 1. The predicted octanol–water partition coefficient (Wildman–Crippen LogP) is -2.26. The number of carbonyl (C=O) groups is 4. The van der Waals surface area contributed by atoms with Crippen molar-refractivity contribution in [1.82, 2.24) is 5.32 Å². The number of hydrogen-bond donors (Lipinski definition) is 3. The highest BCUT2D eigenvalue weighted by Gasteiger charge is 2.20. The molecule has 0 aliphatic heterocycles. The van der Waals surface area contributed by atoms with Gasteiger partial charge in [0.15, 0.2) is 0 Å². The summed E-state index contributed by atoms with van der Waals surface area (Å²) in [5, 5.41) is 1.73. The van der Waals surface area contributed by atoms with Gasteiger partial charge in [-0.3, -0.25) is 14.4 Å². The van der Waals surface area contributed by atoms with E-state index in [1.807, 2.05) is 0 Å². The van der Waals surface area contributed by atoms with E-state index in [-0.39, 0.29) is 12.2 Å². The van der Waals surface area contributed by atoms with Crippen LogP contribution in [0.3, 0.4) is 0 Å². The van der Waals surface area contributed by atoms with Gasteiger partial charge in [0, 0.05) is 12.2 Å². The Morgan fingerprint density at radius 3 is 2.50 bits per heavy atom. The summed E-state index contributed by atoms with van der Waals surface area (Å²) in [6.07, 6.45) is 1.24. The number of nitrogens with two attached hydrogens (primary N) is 2. The van der Waals surface area contributed by atoms with Crippen LogP contribution in [0.1, 0.15) is 6.42 Å². The van der Waals surface area contributed by atoms with Crippen molar-refractivity contribution in [2.24, 2.45) is 11.6 Å². The summed E-state index contributed by atoms with van der Waals surface area (Å²) in [5.74, 6) is 3.44. The lowest BCUT2D eigenvalue weighted by molar-refractivity contribution is -0.130. The van der Waals surface area contributed by atoms with E-state index in [4.69, 9.17) is 11.6 Å². The lowest BCUT2D eigenvalue weighted by atomic mass is 10.3. The normalized spacial score (nSPS) is 13.4. The first-order valence-electron chi connectivity index (χ1n) is 4.96.